The maximum Gasteiger partial charge on any atom is 0.425 e. The van der Waals surface area contributed by atoms with Crippen LogP contribution in [-0.4, -0.2) is 36.4 Å². The summed E-state index contributed by atoms with van der Waals surface area (Å²) >= 11 is 1.50. The number of hydrazine groups is 1. The number of amidine groups is 1. The molecule has 1 heterocycles. The summed E-state index contributed by atoms with van der Waals surface area (Å²) in [7, 11) is 0. The lowest BCUT2D eigenvalue weighted by Gasteiger charge is -2.24. The van der Waals surface area contributed by atoms with Crippen LogP contribution in [0.25, 0.3) is 0 Å². The third-order valence-electron chi connectivity index (χ3n) is 2.91. The number of para-hydroxylation sites is 1. The van der Waals surface area contributed by atoms with Crippen molar-refractivity contribution >= 4 is 35.3 Å². The molecule has 0 fully saturated rings. The summed E-state index contributed by atoms with van der Waals surface area (Å²) in [6.45, 7) is 4.07. The fourth-order valence-corrected chi connectivity index (χ4v) is 3.10. The van der Waals surface area contributed by atoms with E-state index in [0.29, 0.717) is 12.4 Å². The number of hydrogen-bond donors (Lipinski definition) is 2. The summed E-state index contributed by atoms with van der Waals surface area (Å²) in [6.07, 6.45) is -0.447. The van der Waals surface area contributed by atoms with E-state index >= 15 is 0 Å². The lowest BCUT2D eigenvalue weighted by molar-refractivity contribution is -0.142. The summed E-state index contributed by atoms with van der Waals surface area (Å²) in [5.41, 5.74) is 5.94. The predicted octanol–water partition coefficient (Wildman–Crippen LogP) is 2.39. The highest BCUT2D eigenvalue weighted by atomic mass is 32.2. The SMILES string of the molecule is CCOC(=O)CC1Sc2ccccc2N=C1NNC(=O)OCC. The second-order valence-corrected chi connectivity index (χ2v) is 5.80. The van der Waals surface area contributed by atoms with E-state index < -0.39 is 6.09 Å². The maximum absolute atomic E-state index is 11.8. The van der Waals surface area contributed by atoms with E-state index in [2.05, 4.69) is 15.8 Å². The molecule has 0 aromatic heterocycles. The van der Waals surface area contributed by atoms with Gasteiger partial charge in [0.25, 0.3) is 0 Å². The molecule has 1 unspecified atom stereocenters. The lowest BCUT2D eigenvalue weighted by Crippen LogP contribution is -2.47. The van der Waals surface area contributed by atoms with E-state index in [4.69, 9.17) is 9.47 Å². The smallest absolute Gasteiger partial charge is 0.425 e. The van der Waals surface area contributed by atoms with Crippen LogP contribution in [0.2, 0.25) is 0 Å². The zero-order valence-electron chi connectivity index (χ0n) is 13.0. The second-order valence-electron chi connectivity index (χ2n) is 4.55. The summed E-state index contributed by atoms with van der Waals surface area (Å²) < 4.78 is 9.79. The van der Waals surface area contributed by atoms with Crippen LogP contribution in [0.4, 0.5) is 10.5 Å². The van der Waals surface area contributed by atoms with E-state index in [1.807, 2.05) is 24.3 Å². The first-order valence-corrected chi connectivity index (χ1v) is 8.20. The molecule has 1 amide bonds. The molecule has 1 aliphatic rings. The number of ether oxygens (including phenoxy) is 2. The highest BCUT2D eigenvalue weighted by Crippen LogP contribution is 2.38. The number of hydrogen-bond acceptors (Lipinski definition) is 7. The van der Waals surface area contributed by atoms with Gasteiger partial charge in [0.05, 0.1) is 30.6 Å². The molecule has 0 aliphatic carbocycles. The monoisotopic (exact) mass is 337 g/mol. The molecule has 23 heavy (non-hydrogen) atoms. The number of rotatable bonds is 4. The summed E-state index contributed by atoms with van der Waals surface area (Å²) in [5.74, 6) is 0.171. The van der Waals surface area contributed by atoms with Crippen molar-refractivity contribution in [2.75, 3.05) is 13.2 Å². The molecular formula is C15H19N3O4S. The van der Waals surface area contributed by atoms with E-state index in [1.54, 1.807) is 13.8 Å². The zero-order chi connectivity index (χ0) is 16.7. The van der Waals surface area contributed by atoms with Crippen LogP contribution >= 0.6 is 11.8 Å². The zero-order valence-corrected chi connectivity index (χ0v) is 13.8. The van der Waals surface area contributed by atoms with Crippen molar-refractivity contribution in [3.8, 4) is 0 Å². The molecule has 8 heteroatoms. The summed E-state index contributed by atoms with van der Waals surface area (Å²) in [5, 5.41) is -0.272. The van der Waals surface area contributed by atoms with Crippen LogP contribution < -0.4 is 10.9 Å². The van der Waals surface area contributed by atoms with Gasteiger partial charge >= 0.3 is 12.1 Å². The van der Waals surface area contributed by atoms with Gasteiger partial charge in [0.2, 0.25) is 0 Å². The van der Waals surface area contributed by atoms with Crippen molar-refractivity contribution in [2.24, 2.45) is 4.99 Å². The number of thioether (sulfide) groups is 1. The lowest BCUT2D eigenvalue weighted by atomic mass is 10.2. The van der Waals surface area contributed by atoms with Crippen molar-refractivity contribution in [1.29, 1.82) is 0 Å². The Kier molecular flexibility index (Phi) is 6.28. The molecule has 0 bridgehead atoms. The third-order valence-corrected chi connectivity index (χ3v) is 4.18. The van der Waals surface area contributed by atoms with Gasteiger partial charge in [-0.05, 0) is 26.0 Å². The highest BCUT2D eigenvalue weighted by Gasteiger charge is 2.27. The molecule has 0 saturated carbocycles. The number of nitrogens with zero attached hydrogens (tertiary/aromatic N) is 1. The topological polar surface area (TPSA) is 89.0 Å². The Hall–Kier alpha value is -2.22. The average Bonchev–Trinajstić information content (AvgIpc) is 2.53. The number of nitrogens with one attached hydrogen (secondary N) is 2. The normalized spacial score (nSPS) is 15.9. The minimum absolute atomic E-state index is 0.156. The minimum atomic E-state index is -0.603. The second kappa shape index (κ2) is 8.42. The number of esters is 1. The third kappa shape index (κ3) is 4.88. The van der Waals surface area contributed by atoms with Crippen molar-refractivity contribution in [3.63, 3.8) is 0 Å². The number of carbonyl (C=O) groups excluding carboxylic acids is 2. The first-order chi connectivity index (χ1) is 11.1. The number of carbonyl (C=O) groups is 2. The standard InChI is InChI=1S/C15H19N3O4S/c1-3-21-13(19)9-12-14(17-18-15(20)22-4-2)16-10-7-5-6-8-11(10)23-12/h5-8,12H,3-4,9H2,1-2H3,(H,16,17)(H,18,20). The molecule has 1 aromatic rings. The van der Waals surface area contributed by atoms with Gasteiger partial charge in [0, 0.05) is 4.90 Å². The fraction of sp³-hybridized carbons (Fsp3) is 0.400. The van der Waals surface area contributed by atoms with Gasteiger partial charge in [0.1, 0.15) is 5.84 Å². The van der Waals surface area contributed by atoms with E-state index in [-0.39, 0.29) is 24.2 Å². The number of amides is 1. The maximum atomic E-state index is 11.8. The van der Waals surface area contributed by atoms with Crippen LogP contribution in [0.3, 0.4) is 0 Å². The van der Waals surface area contributed by atoms with Crippen LogP contribution in [0, 0.1) is 0 Å². The van der Waals surface area contributed by atoms with Crippen molar-refractivity contribution in [1.82, 2.24) is 10.9 Å². The van der Waals surface area contributed by atoms with Gasteiger partial charge in [-0.15, -0.1) is 11.8 Å². The largest absolute Gasteiger partial charge is 0.466 e. The molecule has 0 radical (unpaired) electrons. The van der Waals surface area contributed by atoms with Gasteiger partial charge < -0.3 is 9.47 Å². The summed E-state index contributed by atoms with van der Waals surface area (Å²) in [4.78, 5) is 28.6. The molecule has 0 spiro atoms. The Bertz CT molecular complexity index is 606. The number of fused-ring (bicyclic) bond motifs is 1. The van der Waals surface area contributed by atoms with E-state index in [1.165, 1.54) is 11.8 Å². The molecule has 1 aliphatic heterocycles. The van der Waals surface area contributed by atoms with Crippen LogP contribution in [0.1, 0.15) is 20.3 Å². The van der Waals surface area contributed by atoms with Crippen LogP contribution in [0.15, 0.2) is 34.2 Å². The molecule has 7 nitrogen and oxygen atoms in total. The van der Waals surface area contributed by atoms with E-state index in [0.717, 1.165) is 10.6 Å². The quantitative estimate of drug-likeness (QED) is 0.648. The molecular weight excluding hydrogens is 318 g/mol. The Labute approximate surface area is 138 Å². The molecule has 0 saturated heterocycles. The van der Waals surface area contributed by atoms with Crippen molar-refractivity contribution in [2.45, 2.75) is 30.4 Å². The van der Waals surface area contributed by atoms with Gasteiger partial charge in [0.15, 0.2) is 0 Å². The molecule has 2 N–H and O–H groups in total. The van der Waals surface area contributed by atoms with Crippen LogP contribution in [-0.2, 0) is 14.3 Å². The van der Waals surface area contributed by atoms with E-state index in [9.17, 15) is 9.59 Å². The van der Waals surface area contributed by atoms with Gasteiger partial charge in [-0.2, -0.15) is 0 Å². The molecule has 124 valence electrons. The number of benzene rings is 1. The summed E-state index contributed by atoms with van der Waals surface area (Å²) in [6, 6.07) is 7.61. The van der Waals surface area contributed by atoms with Crippen molar-refractivity contribution in [3.05, 3.63) is 24.3 Å². The first kappa shape index (κ1) is 17.1. The highest BCUT2D eigenvalue weighted by molar-refractivity contribution is 8.00. The molecule has 1 atom stereocenters. The Morgan fingerprint density at radius 1 is 1.22 bits per heavy atom. The van der Waals surface area contributed by atoms with Crippen molar-refractivity contribution < 1.29 is 19.1 Å². The Balaban J connectivity index is 2.12. The Morgan fingerprint density at radius 2 is 1.96 bits per heavy atom. The molecule has 2 rings (SSSR count). The fourth-order valence-electron chi connectivity index (χ4n) is 1.96. The predicted molar refractivity (Wildman–Crippen MR) is 87.7 cm³/mol. The first-order valence-electron chi connectivity index (χ1n) is 7.32. The molecule has 1 aromatic carbocycles. The average molecular weight is 337 g/mol. The van der Waals surface area contributed by atoms with Gasteiger partial charge in [-0.1, -0.05) is 12.1 Å². The van der Waals surface area contributed by atoms with Gasteiger partial charge in [-0.3, -0.25) is 10.2 Å². The van der Waals surface area contributed by atoms with Crippen LogP contribution in [0.5, 0.6) is 0 Å². The minimum Gasteiger partial charge on any atom is -0.466 e. The Morgan fingerprint density at radius 3 is 2.70 bits per heavy atom. The van der Waals surface area contributed by atoms with Gasteiger partial charge in [-0.25, -0.2) is 15.2 Å². The number of aliphatic imine (C=N–C) groups is 1.